The Kier molecular flexibility index (Phi) is 5.37. The molecular formula is C16H26N2O. The Hall–Kier alpha value is -0.900. The van der Waals surface area contributed by atoms with Crippen molar-refractivity contribution in [2.75, 3.05) is 39.9 Å². The monoisotopic (exact) mass is 262 g/mol. The largest absolute Gasteiger partial charge is 0.379 e. The van der Waals surface area contributed by atoms with E-state index in [1.807, 2.05) is 0 Å². The highest BCUT2D eigenvalue weighted by Gasteiger charge is 2.24. The minimum Gasteiger partial charge on any atom is -0.379 e. The maximum absolute atomic E-state index is 5.48. The third kappa shape index (κ3) is 4.03. The van der Waals surface area contributed by atoms with E-state index in [4.69, 9.17) is 4.74 Å². The quantitative estimate of drug-likeness (QED) is 0.810. The summed E-state index contributed by atoms with van der Waals surface area (Å²) in [6, 6.07) is 11.9. The number of hydrogen-bond donors (Lipinski definition) is 0. The number of likely N-dealkylation sites (N-methyl/N-ethyl adjacent to an activating group) is 1. The molecule has 1 fully saturated rings. The van der Waals surface area contributed by atoms with Gasteiger partial charge in [-0.15, -0.1) is 0 Å². The highest BCUT2D eigenvalue weighted by atomic mass is 16.5. The first kappa shape index (κ1) is 14.5. The molecule has 3 heteroatoms. The second-order valence-corrected chi connectivity index (χ2v) is 5.61. The summed E-state index contributed by atoms with van der Waals surface area (Å²) < 4.78 is 5.48. The Balaban J connectivity index is 2.12. The molecule has 1 atom stereocenters. The summed E-state index contributed by atoms with van der Waals surface area (Å²) >= 11 is 0. The zero-order valence-corrected chi connectivity index (χ0v) is 12.4. The number of rotatable bonds is 5. The van der Waals surface area contributed by atoms with Gasteiger partial charge in [0.05, 0.1) is 13.2 Å². The van der Waals surface area contributed by atoms with Gasteiger partial charge in [-0.1, -0.05) is 30.3 Å². The second-order valence-electron chi connectivity index (χ2n) is 5.61. The molecule has 0 aromatic heterocycles. The SMILES string of the molecule is CC(C)N(C)CC(c1ccccc1)N1CCOCC1. The molecule has 0 radical (unpaired) electrons. The smallest absolute Gasteiger partial charge is 0.0594 e. The molecular weight excluding hydrogens is 236 g/mol. The topological polar surface area (TPSA) is 15.7 Å². The molecule has 0 bridgehead atoms. The van der Waals surface area contributed by atoms with E-state index in [2.05, 4.69) is 61.0 Å². The third-order valence-corrected chi connectivity index (χ3v) is 4.01. The summed E-state index contributed by atoms with van der Waals surface area (Å²) in [5.74, 6) is 0. The van der Waals surface area contributed by atoms with Crippen LogP contribution in [0.15, 0.2) is 30.3 Å². The van der Waals surface area contributed by atoms with E-state index in [-0.39, 0.29) is 0 Å². The lowest BCUT2D eigenvalue weighted by atomic mass is 10.0. The number of hydrogen-bond acceptors (Lipinski definition) is 3. The molecule has 1 aliphatic heterocycles. The Morgan fingerprint density at radius 1 is 1.16 bits per heavy atom. The van der Waals surface area contributed by atoms with Crippen LogP contribution in [0, 0.1) is 0 Å². The summed E-state index contributed by atoms with van der Waals surface area (Å²) in [4.78, 5) is 4.98. The van der Waals surface area contributed by atoms with Gasteiger partial charge in [0, 0.05) is 31.7 Å². The van der Waals surface area contributed by atoms with Gasteiger partial charge in [-0.25, -0.2) is 0 Å². The van der Waals surface area contributed by atoms with Crippen molar-refractivity contribution >= 4 is 0 Å². The molecule has 3 nitrogen and oxygen atoms in total. The fourth-order valence-electron chi connectivity index (χ4n) is 2.48. The minimum atomic E-state index is 0.470. The Labute approximate surface area is 117 Å². The highest BCUT2D eigenvalue weighted by molar-refractivity contribution is 5.19. The van der Waals surface area contributed by atoms with Crippen LogP contribution in [0.25, 0.3) is 0 Å². The molecule has 0 spiro atoms. The first-order valence-corrected chi connectivity index (χ1v) is 7.25. The molecule has 1 heterocycles. The predicted octanol–water partition coefficient (Wildman–Crippen LogP) is 2.40. The van der Waals surface area contributed by atoms with Crippen molar-refractivity contribution in [3.63, 3.8) is 0 Å². The first-order chi connectivity index (χ1) is 9.18. The molecule has 0 N–H and O–H groups in total. The van der Waals surface area contributed by atoms with Crippen LogP contribution in [0.5, 0.6) is 0 Å². The number of morpholine rings is 1. The van der Waals surface area contributed by atoms with Crippen LogP contribution in [0.4, 0.5) is 0 Å². The van der Waals surface area contributed by atoms with E-state index in [0.29, 0.717) is 12.1 Å². The molecule has 1 aromatic carbocycles. The van der Waals surface area contributed by atoms with Crippen LogP contribution >= 0.6 is 0 Å². The molecule has 0 amide bonds. The molecule has 2 rings (SSSR count). The van der Waals surface area contributed by atoms with E-state index in [9.17, 15) is 0 Å². The molecule has 106 valence electrons. The lowest BCUT2D eigenvalue weighted by Crippen LogP contribution is -2.44. The summed E-state index contributed by atoms with van der Waals surface area (Å²) in [6.07, 6.45) is 0. The number of nitrogens with zero attached hydrogens (tertiary/aromatic N) is 2. The average Bonchev–Trinajstić information content (AvgIpc) is 2.46. The van der Waals surface area contributed by atoms with E-state index in [1.54, 1.807) is 0 Å². The van der Waals surface area contributed by atoms with Gasteiger partial charge >= 0.3 is 0 Å². The zero-order valence-electron chi connectivity index (χ0n) is 12.4. The van der Waals surface area contributed by atoms with Crippen molar-refractivity contribution in [3.8, 4) is 0 Å². The average molecular weight is 262 g/mol. The normalized spacial score (nSPS) is 19.0. The van der Waals surface area contributed by atoms with Gasteiger partial charge in [-0.05, 0) is 26.5 Å². The van der Waals surface area contributed by atoms with Gasteiger partial charge in [-0.3, -0.25) is 4.90 Å². The lowest BCUT2D eigenvalue weighted by molar-refractivity contribution is 0.00744. The first-order valence-electron chi connectivity index (χ1n) is 7.25. The summed E-state index contributed by atoms with van der Waals surface area (Å²) in [5.41, 5.74) is 1.41. The van der Waals surface area contributed by atoms with Crippen LogP contribution in [-0.2, 0) is 4.74 Å². The van der Waals surface area contributed by atoms with Crippen LogP contribution in [0.2, 0.25) is 0 Å². The maximum atomic E-state index is 5.48. The van der Waals surface area contributed by atoms with Crippen molar-refractivity contribution in [2.45, 2.75) is 25.9 Å². The van der Waals surface area contributed by atoms with Crippen LogP contribution < -0.4 is 0 Å². The Bertz CT molecular complexity index is 360. The van der Waals surface area contributed by atoms with Gasteiger partial charge in [0.15, 0.2) is 0 Å². The Morgan fingerprint density at radius 3 is 2.37 bits per heavy atom. The van der Waals surface area contributed by atoms with Gasteiger partial charge in [0.2, 0.25) is 0 Å². The Morgan fingerprint density at radius 2 is 1.79 bits per heavy atom. The van der Waals surface area contributed by atoms with Crippen LogP contribution in [-0.4, -0.2) is 55.7 Å². The molecule has 19 heavy (non-hydrogen) atoms. The lowest BCUT2D eigenvalue weighted by Gasteiger charge is -2.37. The van der Waals surface area contributed by atoms with Crippen molar-refractivity contribution in [1.82, 2.24) is 9.80 Å². The van der Waals surface area contributed by atoms with Gasteiger partial charge in [0.1, 0.15) is 0 Å². The third-order valence-electron chi connectivity index (χ3n) is 4.01. The molecule has 1 aromatic rings. The molecule has 0 aliphatic carbocycles. The van der Waals surface area contributed by atoms with Gasteiger partial charge in [0.25, 0.3) is 0 Å². The molecule has 1 aliphatic rings. The molecule has 1 unspecified atom stereocenters. The fourth-order valence-corrected chi connectivity index (χ4v) is 2.48. The van der Waals surface area contributed by atoms with Crippen molar-refractivity contribution in [1.29, 1.82) is 0 Å². The summed E-state index contributed by atoms with van der Waals surface area (Å²) in [7, 11) is 2.21. The predicted molar refractivity (Wildman–Crippen MR) is 79.3 cm³/mol. The zero-order chi connectivity index (χ0) is 13.7. The van der Waals surface area contributed by atoms with Crippen LogP contribution in [0.1, 0.15) is 25.5 Å². The standard InChI is InChI=1S/C16H26N2O/c1-14(2)17(3)13-16(15-7-5-4-6-8-15)18-9-11-19-12-10-18/h4-8,14,16H,9-13H2,1-3H3. The minimum absolute atomic E-state index is 0.470. The van der Waals surface area contributed by atoms with Crippen molar-refractivity contribution in [3.05, 3.63) is 35.9 Å². The van der Waals surface area contributed by atoms with Gasteiger partial charge in [-0.2, -0.15) is 0 Å². The maximum Gasteiger partial charge on any atom is 0.0594 e. The highest BCUT2D eigenvalue weighted by Crippen LogP contribution is 2.23. The van der Waals surface area contributed by atoms with E-state index in [1.165, 1.54) is 5.56 Å². The number of benzene rings is 1. The number of ether oxygens (including phenoxy) is 1. The summed E-state index contributed by atoms with van der Waals surface area (Å²) in [5, 5.41) is 0. The van der Waals surface area contributed by atoms with E-state index < -0.39 is 0 Å². The summed E-state index contributed by atoms with van der Waals surface area (Å²) in [6.45, 7) is 9.35. The van der Waals surface area contributed by atoms with E-state index >= 15 is 0 Å². The van der Waals surface area contributed by atoms with E-state index in [0.717, 1.165) is 32.8 Å². The molecule has 1 saturated heterocycles. The van der Waals surface area contributed by atoms with Gasteiger partial charge < -0.3 is 9.64 Å². The van der Waals surface area contributed by atoms with Crippen LogP contribution in [0.3, 0.4) is 0 Å². The second kappa shape index (κ2) is 7.04. The van der Waals surface area contributed by atoms with Crippen molar-refractivity contribution < 1.29 is 4.74 Å². The van der Waals surface area contributed by atoms with Crippen molar-refractivity contribution in [2.24, 2.45) is 0 Å². The fraction of sp³-hybridized carbons (Fsp3) is 0.625. The molecule has 0 saturated carbocycles.